The van der Waals surface area contributed by atoms with Gasteiger partial charge < -0.3 is 10.4 Å². The van der Waals surface area contributed by atoms with Crippen LogP contribution in [0.2, 0.25) is 0 Å². The zero-order chi connectivity index (χ0) is 19.5. The van der Waals surface area contributed by atoms with Gasteiger partial charge in [-0.1, -0.05) is 36.4 Å². The lowest BCUT2D eigenvalue weighted by molar-refractivity contribution is 0.453. The number of nitriles is 1. The molecule has 0 radical (unpaired) electrons. The fraction of sp³-hybridized carbons (Fsp3) is 0.0870. The van der Waals surface area contributed by atoms with Gasteiger partial charge in [0.1, 0.15) is 6.07 Å². The maximum Gasteiger partial charge on any atom is 0.210 e. The van der Waals surface area contributed by atoms with Crippen LogP contribution in [0.25, 0.3) is 22.0 Å². The van der Waals surface area contributed by atoms with Gasteiger partial charge in [0, 0.05) is 35.5 Å². The predicted octanol–water partition coefficient (Wildman–Crippen LogP) is 5.05. The van der Waals surface area contributed by atoms with E-state index in [4.69, 9.17) is 0 Å². The van der Waals surface area contributed by atoms with Crippen molar-refractivity contribution in [2.45, 2.75) is 13.0 Å². The van der Waals surface area contributed by atoms with E-state index < -0.39 is 0 Å². The molecule has 5 heteroatoms. The molecule has 0 saturated carbocycles. The summed E-state index contributed by atoms with van der Waals surface area (Å²) in [5.41, 5.74) is 5.01. The highest BCUT2D eigenvalue weighted by Crippen LogP contribution is 2.32. The van der Waals surface area contributed by atoms with E-state index in [1.165, 1.54) is 0 Å². The summed E-state index contributed by atoms with van der Waals surface area (Å²) < 4.78 is 0. The van der Waals surface area contributed by atoms with Crippen molar-refractivity contribution < 1.29 is 5.11 Å². The van der Waals surface area contributed by atoms with Crippen molar-refractivity contribution >= 4 is 16.6 Å². The van der Waals surface area contributed by atoms with Crippen LogP contribution in [-0.2, 0) is 0 Å². The van der Waals surface area contributed by atoms with E-state index in [-0.39, 0.29) is 11.9 Å². The molecule has 2 heterocycles. The monoisotopic (exact) mass is 366 g/mol. The zero-order valence-corrected chi connectivity index (χ0v) is 15.3. The minimum Gasteiger partial charge on any atom is -0.493 e. The molecule has 4 aromatic rings. The second-order valence-corrected chi connectivity index (χ2v) is 6.57. The van der Waals surface area contributed by atoms with Gasteiger partial charge in [-0.3, -0.25) is 4.98 Å². The molecular formula is C23H18N4O. The van der Waals surface area contributed by atoms with Crippen molar-refractivity contribution in [3.63, 3.8) is 0 Å². The largest absolute Gasteiger partial charge is 0.493 e. The number of aromatic hydroxyl groups is 1. The van der Waals surface area contributed by atoms with Gasteiger partial charge in [-0.25, -0.2) is 4.98 Å². The fourth-order valence-corrected chi connectivity index (χ4v) is 3.21. The third-order valence-corrected chi connectivity index (χ3v) is 4.73. The summed E-state index contributed by atoms with van der Waals surface area (Å²) in [5.74, 6) is -0.0167. The van der Waals surface area contributed by atoms with Crippen LogP contribution in [-0.4, -0.2) is 15.1 Å². The van der Waals surface area contributed by atoms with Crippen LogP contribution in [0.4, 0.5) is 5.69 Å². The highest BCUT2D eigenvalue weighted by Gasteiger charge is 2.14. The van der Waals surface area contributed by atoms with Gasteiger partial charge in [-0.15, -0.1) is 0 Å². The Morgan fingerprint density at radius 3 is 2.46 bits per heavy atom. The lowest BCUT2D eigenvalue weighted by Gasteiger charge is -2.18. The molecule has 0 bridgehead atoms. The molecule has 1 atom stereocenters. The highest BCUT2D eigenvalue weighted by atomic mass is 16.3. The third kappa shape index (κ3) is 3.36. The average molecular weight is 366 g/mol. The average Bonchev–Trinajstić information content (AvgIpc) is 2.75. The summed E-state index contributed by atoms with van der Waals surface area (Å²) in [7, 11) is 0. The second kappa shape index (κ2) is 7.37. The van der Waals surface area contributed by atoms with E-state index in [0.717, 1.165) is 33.3 Å². The standard InChI is InChI=1S/C23H18N4O/c1-15(16-5-3-2-4-6-16)27-23-19(12-24)14-25-21-9-7-17(11-20(21)23)18-8-10-22(28)26-13-18/h2-11,13-15H,1H3,(H,25,27)(H,26,28). The lowest BCUT2D eigenvalue weighted by Crippen LogP contribution is -2.08. The van der Waals surface area contributed by atoms with Crippen molar-refractivity contribution in [2.24, 2.45) is 0 Å². The molecule has 0 fully saturated rings. The van der Waals surface area contributed by atoms with Gasteiger partial charge in [0.2, 0.25) is 5.88 Å². The summed E-state index contributed by atoms with van der Waals surface area (Å²) in [6.07, 6.45) is 3.22. The van der Waals surface area contributed by atoms with Crippen LogP contribution in [0.5, 0.6) is 5.88 Å². The minimum atomic E-state index is -0.0167. The summed E-state index contributed by atoms with van der Waals surface area (Å²) in [6.45, 7) is 2.07. The maximum atomic E-state index is 9.61. The number of aromatic nitrogens is 2. The Balaban J connectivity index is 1.82. The smallest absolute Gasteiger partial charge is 0.210 e. The van der Waals surface area contributed by atoms with Crippen LogP contribution in [0.15, 0.2) is 73.1 Å². The van der Waals surface area contributed by atoms with E-state index in [2.05, 4.69) is 40.4 Å². The summed E-state index contributed by atoms with van der Waals surface area (Å²) in [4.78, 5) is 8.38. The molecule has 0 saturated heterocycles. The summed E-state index contributed by atoms with van der Waals surface area (Å²) in [5, 5.41) is 23.4. The Hall–Kier alpha value is -3.91. The quantitative estimate of drug-likeness (QED) is 0.528. The minimum absolute atomic E-state index is 0.0167. The highest BCUT2D eigenvalue weighted by molar-refractivity contribution is 5.96. The van der Waals surface area contributed by atoms with Crippen molar-refractivity contribution in [3.8, 4) is 23.1 Å². The van der Waals surface area contributed by atoms with E-state index in [1.807, 2.05) is 42.5 Å². The first kappa shape index (κ1) is 17.5. The van der Waals surface area contributed by atoms with Crippen molar-refractivity contribution in [1.29, 1.82) is 5.26 Å². The summed E-state index contributed by atoms with van der Waals surface area (Å²) in [6, 6.07) is 21.6. The van der Waals surface area contributed by atoms with Crippen LogP contribution in [0.3, 0.4) is 0 Å². The first-order chi connectivity index (χ1) is 13.7. The lowest BCUT2D eigenvalue weighted by atomic mass is 10.0. The molecule has 2 aromatic carbocycles. The molecule has 136 valence electrons. The molecule has 0 amide bonds. The Labute approximate surface area is 162 Å². The number of hydrogen-bond donors (Lipinski definition) is 2. The SMILES string of the molecule is CC(Nc1c(C#N)cnc2ccc(-c3ccc(O)nc3)cc12)c1ccccc1. The molecule has 5 nitrogen and oxygen atoms in total. The van der Waals surface area contributed by atoms with Crippen LogP contribution < -0.4 is 5.32 Å². The van der Waals surface area contributed by atoms with Gasteiger partial charge in [0.25, 0.3) is 0 Å². The van der Waals surface area contributed by atoms with Crippen molar-refractivity contribution in [1.82, 2.24) is 9.97 Å². The number of anilines is 1. The fourth-order valence-electron chi connectivity index (χ4n) is 3.21. The van der Waals surface area contributed by atoms with Gasteiger partial charge >= 0.3 is 0 Å². The Morgan fingerprint density at radius 2 is 1.75 bits per heavy atom. The molecule has 2 N–H and O–H groups in total. The predicted molar refractivity (Wildman–Crippen MR) is 110 cm³/mol. The molecule has 0 aliphatic carbocycles. The van der Waals surface area contributed by atoms with Crippen LogP contribution >= 0.6 is 0 Å². The van der Waals surface area contributed by atoms with Crippen molar-refractivity contribution in [3.05, 3.63) is 84.2 Å². The van der Waals surface area contributed by atoms with Gasteiger partial charge in [0.05, 0.1) is 16.8 Å². The Morgan fingerprint density at radius 1 is 0.964 bits per heavy atom. The maximum absolute atomic E-state index is 9.61. The first-order valence-electron chi connectivity index (χ1n) is 8.95. The molecule has 0 aliphatic heterocycles. The molecule has 28 heavy (non-hydrogen) atoms. The second-order valence-electron chi connectivity index (χ2n) is 6.57. The van der Waals surface area contributed by atoms with Gasteiger partial charge in [0.15, 0.2) is 0 Å². The van der Waals surface area contributed by atoms with Crippen LogP contribution in [0, 0.1) is 11.3 Å². The van der Waals surface area contributed by atoms with Crippen LogP contribution in [0.1, 0.15) is 24.1 Å². The molecule has 2 aromatic heterocycles. The van der Waals surface area contributed by atoms with E-state index in [9.17, 15) is 10.4 Å². The van der Waals surface area contributed by atoms with E-state index in [0.29, 0.717) is 5.56 Å². The number of nitrogens with one attached hydrogen (secondary N) is 1. The zero-order valence-electron chi connectivity index (χ0n) is 15.3. The Bertz CT molecular complexity index is 1170. The first-order valence-corrected chi connectivity index (χ1v) is 8.95. The normalized spacial score (nSPS) is 11.7. The van der Waals surface area contributed by atoms with E-state index in [1.54, 1.807) is 18.5 Å². The van der Waals surface area contributed by atoms with E-state index >= 15 is 0 Å². The number of rotatable bonds is 4. The summed E-state index contributed by atoms with van der Waals surface area (Å²) >= 11 is 0. The number of benzene rings is 2. The number of hydrogen-bond acceptors (Lipinski definition) is 5. The number of nitrogens with zero attached hydrogens (tertiary/aromatic N) is 3. The topological polar surface area (TPSA) is 81.8 Å². The Kier molecular flexibility index (Phi) is 4.61. The molecular weight excluding hydrogens is 348 g/mol. The molecule has 4 rings (SSSR count). The third-order valence-electron chi connectivity index (χ3n) is 4.73. The molecule has 1 unspecified atom stereocenters. The van der Waals surface area contributed by atoms with Crippen molar-refractivity contribution in [2.75, 3.05) is 5.32 Å². The van der Waals surface area contributed by atoms with Gasteiger partial charge in [-0.05, 0) is 36.2 Å². The molecule has 0 aliphatic rings. The molecule has 0 spiro atoms. The number of pyridine rings is 2. The van der Waals surface area contributed by atoms with Gasteiger partial charge in [-0.2, -0.15) is 5.26 Å². The number of fused-ring (bicyclic) bond motifs is 1.